The van der Waals surface area contributed by atoms with Crippen molar-refractivity contribution in [1.29, 1.82) is 0 Å². The van der Waals surface area contributed by atoms with E-state index in [0.717, 1.165) is 13.0 Å². The highest BCUT2D eigenvalue weighted by molar-refractivity contribution is 8.01. The number of carbonyl (C=O) groups is 1. The van der Waals surface area contributed by atoms with Gasteiger partial charge < -0.3 is 15.4 Å². The van der Waals surface area contributed by atoms with Crippen LogP contribution in [-0.4, -0.2) is 30.0 Å². The summed E-state index contributed by atoms with van der Waals surface area (Å²) < 4.78 is 6.62. The average Bonchev–Trinajstić information content (AvgIpc) is 2.88. The Labute approximate surface area is 147 Å². The first kappa shape index (κ1) is 18.4. The van der Waals surface area contributed by atoms with E-state index in [1.54, 1.807) is 0 Å². The molecule has 128 valence electrons. The highest BCUT2D eigenvalue weighted by Gasteiger charge is 2.25. The third kappa shape index (κ3) is 6.20. The van der Waals surface area contributed by atoms with Crippen molar-refractivity contribution in [1.82, 2.24) is 10.6 Å². The minimum absolute atomic E-state index is 0.379. The van der Waals surface area contributed by atoms with Crippen LogP contribution in [0, 0.1) is 0 Å². The molecule has 0 saturated heterocycles. The van der Waals surface area contributed by atoms with Crippen molar-refractivity contribution >= 4 is 29.2 Å². The molecule has 4 nitrogen and oxygen atoms in total. The van der Waals surface area contributed by atoms with E-state index < -0.39 is 5.60 Å². The van der Waals surface area contributed by atoms with E-state index >= 15 is 0 Å². The van der Waals surface area contributed by atoms with Crippen LogP contribution in [-0.2, 0) is 4.74 Å². The Morgan fingerprint density at radius 3 is 2.87 bits per heavy atom. The van der Waals surface area contributed by atoms with Gasteiger partial charge in [-0.2, -0.15) is 0 Å². The van der Waals surface area contributed by atoms with Gasteiger partial charge in [0, 0.05) is 24.4 Å². The van der Waals surface area contributed by atoms with E-state index in [4.69, 9.17) is 4.74 Å². The lowest BCUT2D eigenvalue weighted by Crippen LogP contribution is -2.32. The first-order valence-electron chi connectivity index (χ1n) is 7.94. The molecule has 0 aliphatic carbocycles. The van der Waals surface area contributed by atoms with Crippen molar-refractivity contribution in [3.05, 3.63) is 29.2 Å². The van der Waals surface area contributed by atoms with E-state index in [9.17, 15) is 4.79 Å². The quantitative estimate of drug-likeness (QED) is 0.772. The molecule has 0 radical (unpaired) electrons. The van der Waals surface area contributed by atoms with Crippen LogP contribution in [0.2, 0.25) is 0 Å². The minimum atomic E-state index is -0.455. The second kappa shape index (κ2) is 8.22. The first-order valence-corrected chi connectivity index (χ1v) is 9.70. The van der Waals surface area contributed by atoms with Crippen LogP contribution < -0.4 is 10.6 Å². The van der Waals surface area contributed by atoms with Crippen molar-refractivity contribution in [2.45, 2.75) is 55.2 Å². The number of ether oxygens (including phenoxy) is 1. The predicted molar refractivity (Wildman–Crippen MR) is 98.4 cm³/mol. The van der Waals surface area contributed by atoms with Crippen molar-refractivity contribution in [2.24, 2.45) is 0 Å². The molecular formula is C17H26N2O2S2. The summed E-state index contributed by atoms with van der Waals surface area (Å²) >= 11 is 3.81. The molecule has 1 aliphatic rings. The van der Waals surface area contributed by atoms with Crippen LogP contribution in [0.1, 0.15) is 45.7 Å². The number of thioether (sulfide) groups is 1. The Morgan fingerprint density at radius 1 is 1.39 bits per heavy atom. The number of rotatable bonds is 5. The Morgan fingerprint density at radius 2 is 2.13 bits per heavy atom. The maximum Gasteiger partial charge on any atom is 0.407 e. The van der Waals surface area contributed by atoms with Crippen LogP contribution >= 0.6 is 23.1 Å². The lowest BCUT2D eigenvalue weighted by molar-refractivity contribution is 0.0534. The summed E-state index contributed by atoms with van der Waals surface area (Å²) in [5.74, 6) is 0. The minimum Gasteiger partial charge on any atom is -0.444 e. The molecule has 6 heteroatoms. The number of hydrogen-bond donors (Lipinski definition) is 2. The molecule has 2 N–H and O–H groups in total. The molecule has 2 atom stereocenters. The maximum atomic E-state index is 11.5. The summed E-state index contributed by atoms with van der Waals surface area (Å²) in [6, 6.07) is 2.65. The van der Waals surface area contributed by atoms with Gasteiger partial charge in [0.1, 0.15) is 5.60 Å². The van der Waals surface area contributed by atoms with Crippen LogP contribution in [0.25, 0.3) is 0 Å². The molecule has 1 aliphatic heterocycles. The largest absolute Gasteiger partial charge is 0.444 e. The van der Waals surface area contributed by atoms with Gasteiger partial charge in [0.05, 0.1) is 4.21 Å². The Hall–Kier alpha value is -0.980. The molecule has 0 spiro atoms. The highest BCUT2D eigenvalue weighted by atomic mass is 32.2. The molecule has 1 aromatic rings. The molecule has 0 saturated carbocycles. The fraction of sp³-hybridized carbons (Fsp3) is 0.588. The number of fused-ring (bicyclic) bond motifs is 1. The number of amides is 1. The summed E-state index contributed by atoms with van der Waals surface area (Å²) in [5, 5.41) is 9.12. The number of thiophene rings is 1. The lowest BCUT2D eigenvalue weighted by Gasteiger charge is -2.27. The van der Waals surface area contributed by atoms with E-state index in [1.807, 2.05) is 49.9 Å². The van der Waals surface area contributed by atoms with Gasteiger partial charge >= 0.3 is 6.09 Å². The Kier molecular flexibility index (Phi) is 6.56. The van der Waals surface area contributed by atoms with E-state index in [2.05, 4.69) is 35.1 Å². The Balaban J connectivity index is 1.69. The zero-order valence-corrected chi connectivity index (χ0v) is 15.9. The van der Waals surface area contributed by atoms with E-state index in [0.29, 0.717) is 17.8 Å². The molecule has 1 aromatic heterocycles. The standard InChI is InChI=1S/C17H26N2O2S2/c1-12-11-14(13-7-10-22-15(13)23-12)18-8-5-6-9-19-16(20)21-17(2,3)4/h5-7,10,12,14,18H,8-9,11H2,1-4H3,(H,19,20)/b6-5+/t12-,14?/m0/s1. The van der Waals surface area contributed by atoms with Crippen LogP contribution in [0.5, 0.6) is 0 Å². The normalized spacial score (nSPS) is 21.2. The highest BCUT2D eigenvalue weighted by Crippen LogP contribution is 2.43. The van der Waals surface area contributed by atoms with Crippen LogP contribution in [0.15, 0.2) is 27.8 Å². The zero-order chi connectivity index (χ0) is 16.9. The molecule has 0 aromatic carbocycles. The molecule has 23 heavy (non-hydrogen) atoms. The molecule has 0 bridgehead atoms. The van der Waals surface area contributed by atoms with E-state index in [-0.39, 0.29) is 6.09 Å². The van der Waals surface area contributed by atoms with Gasteiger partial charge in [0.2, 0.25) is 0 Å². The summed E-state index contributed by atoms with van der Waals surface area (Å²) in [6.07, 6.45) is 4.77. The number of nitrogens with one attached hydrogen (secondary N) is 2. The molecule has 0 fully saturated rings. The molecular weight excluding hydrogens is 328 g/mol. The average molecular weight is 355 g/mol. The first-order chi connectivity index (χ1) is 10.8. The van der Waals surface area contributed by atoms with E-state index in [1.165, 1.54) is 9.77 Å². The number of alkyl carbamates (subject to hydrolysis) is 1. The van der Waals surface area contributed by atoms with Crippen molar-refractivity contribution in [3.63, 3.8) is 0 Å². The number of carbonyl (C=O) groups excluding carboxylic acids is 1. The fourth-order valence-electron chi connectivity index (χ4n) is 2.38. The number of hydrogen-bond acceptors (Lipinski definition) is 5. The SMILES string of the molecule is C[C@H]1CC(NC/C=C/CNC(=O)OC(C)(C)C)c2ccsc2S1. The van der Waals surface area contributed by atoms with Gasteiger partial charge in [-0.3, -0.25) is 0 Å². The van der Waals surface area contributed by atoms with Gasteiger partial charge in [0.25, 0.3) is 0 Å². The third-order valence-electron chi connectivity index (χ3n) is 3.32. The van der Waals surface area contributed by atoms with Gasteiger partial charge in [-0.1, -0.05) is 19.1 Å². The second-order valence-electron chi connectivity index (χ2n) is 6.64. The van der Waals surface area contributed by atoms with Crippen molar-refractivity contribution < 1.29 is 9.53 Å². The topological polar surface area (TPSA) is 50.4 Å². The molecule has 2 rings (SSSR count). The fourth-order valence-corrected chi connectivity index (χ4v) is 4.94. The summed E-state index contributed by atoms with van der Waals surface area (Å²) in [7, 11) is 0. The molecule has 1 unspecified atom stereocenters. The van der Waals surface area contributed by atoms with Gasteiger partial charge in [0.15, 0.2) is 0 Å². The van der Waals surface area contributed by atoms with Crippen molar-refractivity contribution in [3.8, 4) is 0 Å². The summed E-state index contributed by atoms with van der Waals surface area (Å²) in [6.45, 7) is 9.13. The summed E-state index contributed by atoms with van der Waals surface area (Å²) in [4.78, 5) is 11.5. The monoisotopic (exact) mass is 354 g/mol. The van der Waals surface area contributed by atoms with Crippen LogP contribution in [0.4, 0.5) is 4.79 Å². The smallest absolute Gasteiger partial charge is 0.407 e. The molecule has 1 amide bonds. The zero-order valence-electron chi connectivity index (χ0n) is 14.2. The van der Waals surface area contributed by atoms with Crippen LogP contribution in [0.3, 0.4) is 0 Å². The third-order valence-corrected chi connectivity index (χ3v) is 5.67. The maximum absolute atomic E-state index is 11.5. The molecule has 2 heterocycles. The van der Waals surface area contributed by atoms with Gasteiger partial charge in [-0.15, -0.1) is 23.1 Å². The van der Waals surface area contributed by atoms with Gasteiger partial charge in [-0.05, 0) is 44.2 Å². The lowest BCUT2D eigenvalue weighted by atomic mass is 10.1. The van der Waals surface area contributed by atoms with Crippen molar-refractivity contribution in [2.75, 3.05) is 13.1 Å². The summed E-state index contributed by atoms with van der Waals surface area (Å²) in [5.41, 5.74) is 0.974. The Bertz CT molecular complexity index is 549. The van der Waals surface area contributed by atoms with Gasteiger partial charge in [-0.25, -0.2) is 4.79 Å². The predicted octanol–water partition coefficient (Wildman–Crippen LogP) is 4.34. The second-order valence-corrected chi connectivity index (χ2v) is 9.27.